The zero-order valence-corrected chi connectivity index (χ0v) is 6.54. The molecule has 62 valence electrons. The predicted octanol–water partition coefficient (Wildman–Crippen LogP) is 0.631. The molecule has 0 radical (unpaired) electrons. The lowest BCUT2D eigenvalue weighted by Crippen LogP contribution is -2.16. The van der Waals surface area contributed by atoms with Gasteiger partial charge in [0.05, 0.1) is 18.3 Å². The van der Waals surface area contributed by atoms with Crippen LogP contribution in [0.25, 0.3) is 0 Å². The van der Waals surface area contributed by atoms with Gasteiger partial charge in [0.2, 0.25) is 0 Å². The number of aliphatic hydroxyl groups excluding tert-OH is 1. The van der Waals surface area contributed by atoms with Gasteiger partial charge in [-0.15, -0.1) is 0 Å². The third-order valence-electron chi connectivity index (χ3n) is 1.67. The topological polar surface area (TPSA) is 46.5 Å². The van der Waals surface area contributed by atoms with Gasteiger partial charge in [0, 0.05) is 0 Å². The van der Waals surface area contributed by atoms with Crippen molar-refractivity contribution in [2.75, 3.05) is 6.61 Å². The van der Waals surface area contributed by atoms with Crippen LogP contribution < -0.4 is 0 Å². The van der Waals surface area contributed by atoms with Crippen LogP contribution in [0.2, 0.25) is 0 Å². The molecule has 3 heteroatoms. The first-order valence-corrected chi connectivity index (χ1v) is 3.81. The van der Waals surface area contributed by atoms with Crippen molar-refractivity contribution in [3.8, 4) is 0 Å². The Kier molecular flexibility index (Phi) is 2.65. The zero-order valence-electron chi connectivity index (χ0n) is 6.54. The van der Waals surface area contributed by atoms with Gasteiger partial charge >= 0.3 is 5.97 Å². The number of hydrogen-bond acceptors (Lipinski definition) is 3. The monoisotopic (exact) mass is 156 g/mol. The van der Waals surface area contributed by atoms with E-state index in [2.05, 4.69) is 0 Å². The molecule has 0 aromatic carbocycles. The van der Waals surface area contributed by atoms with Crippen LogP contribution in [0.3, 0.4) is 0 Å². The molecule has 1 unspecified atom stereocenters. The minimum absolute atomic E-state index is 0.364. The maximum absolute atomic E-state index is 11.0. The van der Waals surface area contributed by atoms with Gasteiger partial charge in [0.1, 0.15) is 0 Å². The molecule has 0 fully saturated rings. The average Bonchev–Trinajstić information content (AvgIpc) is 2.36. The van der Waals surface area contributed by atoms with Crippen LogP contribution in [-0.2, 0) is 9.53 Å². The molecule has 1 rings (SSSR count). The number of allylic oxidation sites excluding steroid dienone is 1. The Balaban J connectivity index is 2.52. The second kappa shape index (κ2) is 3.53. The Morgan fingerprint density at radius 3 is 3.09 bits per heavy atom. The third kappa shape index (κ3) is 1.80. The first kappa shape index (κ1) is 8.27. The molecule has 0 aromatic rings. The summed E-state index contributed by atoms with van der Waals surface area (Å²) in [4.78, 5) is 11.0. The molecule has 0 saturated heterocycles. The Labute approximate surface area is 65.7 Å². The van der Waals surface area contributed by atoms with Crippen molar-refractivity contribution < 1.29 is 14.6 Å². The lowest BCUT2D eigenvalue weighted by atomic mass is 10.2. The Morgan fingerprint density at radius 2 is 2.64 bits per heavy atom. The highest BCUT2D eigenvalue weighted by Crippen LogP contribution is 2.19. The maximum Gasteiger partial charge on any atom is 0.336 e. The fraction of sp³-hybridized carbons (Fsp3) is 0.625. The summed E-state index contributed by atoms with van der Waals surface area (Å²) in [6.45, 7) is 2.11. The molecular weight excluding hydrogens is 144 g/mol. The summed E-state index contributed by atoms with van der Waals surface area (Å²) in [6, 6.07) is 0. The molecule has 1 aliphatic carbocycles. The van der Waals surface area contributed by atoms with E-state index in [0.29, 0.717) is 18.6 Å². The molecule has 3 nitrogen and oxygen atoms in total. The number of esters is 1. The molecule has 1 N–H and O–H groups in total. The van der Waals surface area contributed by atoms with Crippen molar-refractivity contribution in [3.63, 3.8) is 0 Å². The van der Waals surface area contributed by atoms with Crippen LogP contribution in [0.1, 0.15) is 19.8 Å². The first-order valence-electron chi connectivity index (χ1n) is 3.81. The Bertz CT molecular complexity index is 184. The van der Waals surface area contributed by atoms with Crippen LogP contribution in [0.4, 0.5) is 0 Å². The molecule has 0 aliphatic heterocycles. The zero-order chi connectivity index (χ0) is 8.27. The van der Waals surface area contributed by atoms with Crippen LogP contribution in [0.15, 0.2) is 11.6 Å². The van der Waals surface area contributed by atoms with E-state index in [1.807, 2.05) is 0 Å². The maximum atomic E-state index is 11.0. The molecule has 0 amide bonds. The second-order valence-corrected chi connectivity index (χ2v) is 2.47. The lowest BCUT2D eigenvalue weighted by Gasteiger charge is -2.06. The largest absolute Gasteiger partial charge is 0.463 e. The molecular formula is C8H12O3. The van der Waals surface area contributed by atoms with Gasteiger partial charge in [-0.1, -0.05) is 6.08 Å². The smallest absolute Gasteiger partial charge is 0.336 e. The van der Waals surface area contributed by atoms with Gasteiger partial charge in [-0.25, -0.2) is 4.79 Å². The van der Waals surface area contributed by atoms with Gasteiger partial charge in [-0.3, -0.25) is 0 Å². The Morgan fingerprint density at radius 1 is 1.91 bits per heavy atom. The summed E-state index contributed by atoms with van der Waals surface area (Å²) in [5.74, 6) is -0.377. The molecule has 11 heavy (non-hydrogen) atoms. The Hall–Kier alpha value is -0.830. The average molecular weight is 156 g/mol. The number of hydrogen-bond donors (Lipinski definition) is 1. The van der Waals surface area contributed by atoms with Crippen LogP contribution in [-0.4, -0.2) is 23.8 Å². The summed E-state index contributed by atoms with van der Waals surface area (Å²) in [5, 5.41) is 9.22. The van der Waals surface area contributed by atoms with Crippen molar-refractivity contribution in [1.29, 1.82) is 0 Å². The molecule has 0 saturated carbocycles. The fourth-order valence-corrected chi connectivity index (χ4v) is 1.12. The van der Waals surface area contributed by atoms with E-state index in [9.17, 15) is 9.90 Å². The number of carbonyl (C=O) groups is 1. The van der Waals surface area contributed by atoms with Crippen molar-refractivity contribution in [2.45, 2.75) is 25.9 Å². The number of ether oxygens (including phenoxy) is 1. The van der Waals surface area contributed by atoms with Gasteiger partial charge in [-0.05, 0) is 19.8 Å². The third-order valence-corrected chi connectivity index (χ3v) is 1.67. The quantitative estimate of drug-likeness (QED) is 0.596. The van der Waals surface area contributed by atoms with Crippen molar-refractivity contribution in [1.82, 2.24) is 0 Å². The summed E-state index contributed by atoms with van der Waals surface area (Å²) in [7, 11) is 0. The van der Waals surface area contributed by atoms with Gasteiger partial charge in [-0.2, -0.15) is 0 Å². The lowest BCUT2D eigenvalue weighted by molar-refractivity contribution is -0.139. The van der Waals surface area contributed by atoms with E-state index in [4.69, 9.17) is 4.74 Å². The van der Waals surface area contributed by atoms with E-state index in [1.54, 1.807) is 13.0 Å². The van der Waals surface area contributed by atoms with Crippen LogP contribution in [0.5, 0.6) is 0 Å². The SMILES string of the molecule is CCOC(=O)C1=CCCC1O. The minimum atomic E-state index is -0.603. The van der Waals surface area contributed by atoms with E-state index in [0.717, 1.165) is 6.42 Å². The molecule has 0 heterocycles. The molecule has 0 bridgehead atoms. The minimum Gasteiger partial charge on any atom is -0.463 e. The fourth-order valence-electron chi connectivity index (χ4n) is 1.12. The van der Waals surface area contributed by atoms with Gasteiger partial charge in [0.15, 0.2) is 0 Å². The standard InChI is InChI=1S/C8H12O3/c1-2-11-8(10)6-4-3-5-7(6)9/h4,7,9H,2-3,5H2,1H3. The summed E-state index contributed by atoms with van der Waals surface area (Å²) in [5.41, 5.74) is 0.423. The molecule has 0 aromatic heterocycles. The van der Waals surface area contributed by atoms with Gasteiger partial charge < -0.3 is 9.84 Å². The molecule has 0 spiro atoms. The highest BCUT2D eigenvalue weighted by atomic mass is 16.5. The van der Waals surface area contributed by atoms with Gasteiger partial charge in [0.25, 0.3) is 0 Å². The summed E-state index contributed by atoms with van der Waals surface area (Å²) in [6.07, 6.45) is 2.56. The number of carbonyl (C=O) groups excluding carboxylic acids is 1. The summed E-state index contributed by atoms with van der Waals surface area (Å²) >= 11 is 0. The van der Waals surface area contributed by atoms with E-state index >= 15 is 0 Å². The van der Waals surface area contributed by atoms with Crippen LogP contribution >= 0.6 is 0 Å². The second-order valence-electron chi connectivity index (χ2n) is 2.47. The molecule has 1 atom stereocenters. The van der Waals surface area contributed by atoms with Crippen molar-refractivity contribution >= 4 is 5.97 Å². The highest BCUT2D eigenvalue weighted by Gasteiger charge is 2.23. The van der Waals surface area contributed by atoms with E-state index in [-0.39, 0.29) is 5.97 Å². The first-order chi connectivity index (χ1) is 5.25. The highest BCUT2D eigenvalue weighted by molar-refractivity contribution is 5.90. The summed E-state index contributed by atoms with van der Waals surface area (Å²) < 4.78 is 4.73. The van der Waals surface area contributed by atoms with E-state index in [1.165, 1.54) is 0 Å². The van der Waals surface area contributed by atoms with Crippen molar-refractivity contribution in [3.05, 3.63) is 11.6 Å². The number of aliphatic hydroxyl groups is 1. The van der Waals surface area contributed by atoms with Crippen molar-refractivity contribution in [2.24, 2.45) is 0 Å². The predicted molar refractivity (Wildman–Crippen MR) is 40.0 cm³/mol. The molecule has 1 aliphatic rings. The van der Waals surface area contributed by atoms with E-state index < -0.39 is 6.10 Å². The number of rotatable bonds is 2. The normalized spacial score (nSPS) is 23.1. The van der Waals surface area contributed by atoms with Crippen LogP contribution in [0, 0.1) is 0 Å².